The van der Waals surface area contributed by atoms with Crippen LogP contribution in [0.4, 0.5) is 4.79 Å². The number of nitrogens with zero attached hydrogens (tertiary/aromatic N) is 2. The van der Waals surface area contributed by atoms with Gasteiger partial charge in [-0.05, 0) is 63.7 Å². The van der Waals surface area contributed by atoms with Gasteiger partial charge in [0.15, 0.2) is 0 Å². The molecule has 1 aromatic carbocycles. The maximum absolute atomic E-state index is 13.0. The fourth-order valence-electron chi connectivity index (χ4n) is 4.21. The molecule has 0 aromatic heterocycles. The van der Waals surface area contributed by atoms with Gasteiger partial charge in [-0.1, -0.05) is 30.7 Å². The van der Waals surface area contributed by atoms with E-state index in [-0.39, 0.29) is 12.0 Å². The van der Waals surface area contributed by atoms with Gasteiger partial charge in [0.25, 0.3) is 0 Å². The number of esters is 1. The van der Waals surface area contributed by atoms with Gasteiger partial charge in [0.2, 0.25) is 0 Å². The number of aryl methyl sites for hydroxylation is 2. The summed E-state index contributed by atoms with van der Waals surface area (Å²) >= 11 is 0. The molecule has 29 heavy (non-hydrogen) atoms. The number of carbonyl (C=O) groups excluding carboxylic acids is 2. The molecule has 6 nitrogen and oxygen atoms in total. The number of carbonyl (C=O) groups is 2. The summed E-state index contributed by atoms with van der Waals surface area (Å²) in [5, 5.41) is 3.02. The number of nitrogens with one attached hydrogen (secondary N) is 1. The van der Waals surface area contributed by atoms with E-state index in [4.69, 9.17) is 4.74 Å². The van der Waals surface area contributed by atoms with Crippen molar-refractivity contribution in [3.63, 3.8) is 0 Å². The van der Waals surface area contributed by atoms with E-state index in [0.717, 1.165) is 54.2 Å². The zero-order valence-electron chi connectivity index (χ0n) is 18.2. The summed E-state index contributed by atoms with van der Waals surface area (Å²) in [5.41, 5.74) is 4.42. The van der Waals surface area contributed by atoms with Crippen molar-refractivity contribution in [2.24, 2.45) is 5.92 Å². The number of likely N-dealkylation sites (N-methyl/N-ethyl adjacent to an activating group) is 1. The van der Waals surface area contributed by atoms with Crippen molar-refractivity contribution in [2.75, 3.05) is 33.3 Å². The molecular formula is C23H33N3O3. The van der Waals surface area contributed by atoms with Gasteiger partial charge in [-0.2, -0.15) is 0 Å². The molecule has 0 spiro atoms. The number of likely N-dealkylation sites (tertiary alicyclic amines) is 1. The average molecular weight is 400 g/mol. The highest BCUT2D eigenvalue weighted by atomic mass is 16.5. The summed E-state index contributed by atoms with van der Waals surface area (Å²) in [6.45, 7) is 11.0. The van der Waals surface area contributed by atoms with Crippen LogP contribution < -0.4 is 5.32 Å². The van der Waals surface area contributed by atoms with Gasteiger partial charge in [0.05, 0.1) is 18.2 Å². The summed E-state index contributed by atoms with van der Waals surface area (Å²) in [5.74, 6) is 0.366. The molecule has 3 rings (SSSR count). The van der Waals surface area contributed by atoms with E-state index in [2.05, 4.69) is 23.2 Å². The highest BCUT2D eigenvalue weighted by Gasteiger charge is 2.38. The monoisotopic (exact) mass is 399 g/mol. The van der Waals surface area contributed by atoms with Crippen molar-refractivity contribution < 1.29 is 14.3 Å². The van der Waals surface area contributed by atoms with Gasteiger partial charge in [-0.3, -0.25) is 9.80 Å². The Morgan fingerprint density at radius 1 is 1.24 bits per heavy atom. The van der Waals surface area contributed by atoms with Crippen molar-refractivity contribution in [1.82, 2.24) is 15.1 Å². The molecule has 1 N–H and O–H groups in total. The van der Waals surface area contributed by atoms with E-state index in [9.17, 15) is 9.59 Å². The van der Waals surface area contributed by atoms with E-state index >= 15 is 0 Å². The third kappa shape index (κ3) is 4.64. The molecule has 0 radical (unpaired) electrons. The average Bonchev–Trinajstić information content (AvgIpc) is 2.67. The number of hydrogen-bond acceptors (Lipinski definition) is 4. The van der Waals surface area contributed by atoms with E-state index in [1.807, 2.05) is 26.0 Å². The Morgan fingerprint density at radius 3 is 2.55 bits per heavy atom. The Labute approximate surface area is 173 Å². The Hall–Kier alpha value is -2.34. The number of amides is 2. The number of benzene rings is 1. The number of rotatable bonds is 5. The van der Waals surface area contributed by atoms with Gasteiger partial charge < -0.3 is 10.1 Å². The fraction of sp³-hybridized carbons (Fsp3) is 0.565. The molecule has 6 heteroatoms. The lowest BCUT2D eigenvalue weighted by Crippen LogP contribution is -2.50. The van der Waals surface area contributed by atoms with Crippen molar-refractivity contribution in [2.45, 2.75) is 46.6 Å². The standard InChI is InChI=1S/C23H33N3O3/c1-6-29-22(27)20-19(14-26-11-9-15(2)10-12-26)25(5)23(28)24-21(20)18-8-7-16(3)13-17(18)4/h7-8,13,15,21H,6,9-12,14H2,1-5H3,(H,24,28). The van der Waals surface area contributed by atoms with Crippen molar-refractivity contribution in [3.8, 4) is 0 Å². The number of ether oxygens (including phenoxy) is 1. The minimum atomic E-state index is -0.503. The quantitative estimate of drug-likeness (QED) is 0.769. The summed E-state index contributed by atoms with van der Waals surface area (Å²) < 4.78 is 5.42. The van der Waals surface area contributed by atoms with Crippen molar-refractivity contribution in [3.05, 3.63) is 46.2 Å². The topological polar surface area (TPSA) is 61.9 Å². The van der Waals surface area contributed by atoms with Crippen molar-refractivity contribution in [1.29, 1.82) is 0 Å². The van der Waals surface area contributed by atoms with Crippen LogP contribution in [0.15, 0.2) is 29.5 Å². The van der Waals surface area contributed by atoms with Crippen LogP contribution in [-0.4, -0.2) is 55.1 Å². The number of piperidine rings is 1. The summed E-state index contributed by atoms with van der Waals surface area (Å²) in [6, 6.07) is 5.40. The molecule has 1 unspecified atom stereocenters. The first kappa shape index (κ1) is 21.4. The van der Waals surface area contributed by atoms with Crippen LogP contribution in [0.5, 0.6) is 0 Å². The third-order valence-electron chi connectivity index (χ3n) is 6.06. The first-order valence-electron chi connectivity index (χ1n) is 10.6. The summed E-state index contributed by atoms with van der Waals surface area (Å²) in [4.78, 5) is 29.7. The van der Waals surface area contributed by atoms with E-state index in [0.29, 0.717) is 18.7 Å². The maximum atomic E-state index is 13.0. The Kier molecular flexibility index (Phi) is 6.63. The summed E-state index contributed by atoms with van der Waals surface area (Å²) in [7, 11) is 1.73. The molecule has 158 valence electrons. The molecule has 2 aliphatic heterocycles. The lowest BCUT2D eigenvalue weighted by atomic mass is 9.90. The molecular weight excluding hydrogens is 366 g/mol. The predicted molar refractivity (Wildman–Crippen MR) is 113 cm³/mol. The predicted octanol–water partition coefficient (Wildman–Crippen LogP) is 3.55. The Bertz CT molecular complexity index is 810. The maximum Gasteiger partial charge on any atom is 0.338 e. The fourth-order valence-corrected chi connectivity index (χ4v) is 4.21. The molecule has 1 aromatic rings. The lowest BCUT2D eigenvalue weighted by molar-refractivity contribution is -0.139. The SMILES string of the molecule is CCOC(=O)C1=C(CN2CCC(C)CC2)N(C)C(=O)NC1c1ccc(C)cc1C. The molecule has 0 aliphatic carbocycles. The number of hydrogen-bond donors (Lipinski definition) is 1. The first-order chi connectivity index (χ1) is 13.8. The largest absolute Gasteiger partial charge is 0.463 e. The zero-order valence-corrected chi connectivity index (χ0v) is 18.2. The molecule has 2 aliphatic rings. The van der Waals surface area contributed by atoms with Gasteiger partial charge >= 0.3 is 12.0 Å². The first-order valence-corrected chi connectivity index (χ1v) is 10.6. The van der Waals surface area contributed by atoms with Crippen LogP contribution in [0.1, 0.15) is 49.4 Å². The van der Waals surface area contributed by atoms with E-state index < -0.39 is 6.04 Å². The normalized spacial score (nSPS) is 21.3. The second-order valence-corrected chi connectivity index (χ2v) is 8.34. The Morgan fingerprint density at radius 2 is 1.93 bits per heavy atom. The molecule has 2 heterocycles. The van der Waals surface area contributed by atoms with E-state index in [1.165, 1.54) is 0 Å². The van der Waals surface area contributed by atoms with Crippen LogP contribution in [0.2, 0.25) is 0 Å². The van der Waals surface area contributed by atoms with Gasteiger partial charge in [0, 0.05) is 19.3 Å². The zero-order chi connectivity index (χ0) is 21.1. The minimum Gasteiger partial charge on any atom is -0.463 e. The van der Waals surface area contributed by atoms with Gasteiger partial charge in [0.1, 0.15) is 0 Å². The third-order valence-corrected chi connectivity index (χ3v) is 6.06. The van der Waals surface area contributed by atoms with E-state index in [1.54, 1.807) is 18.9 Å². The minimum absolute atomic E-state index is 0.191. The smallest absolute Gasteiger partial charge is 0.338 e. The van der Waals surface area contributed by atoms with Crippen LogP contribution in [-0.2, 0) is 9.53 Å². The van der Waals surface area contributed by atoms with Crippen LogP contribution in [0, 0.1) is 19.8 Å². The number of urea groups is 1. The van der Waals surface area contributed by atoms with Gasteiger partial charge in [-0.25, -0.2) is 9.59 Å². The second kappa shape index (κ2) is 8.99. The van der Waals surface area contributed by atoms with Crippen LogP contribution in [0.25, 0.3) is 0 Å². The highest BCUT2D eigenvalue weighted by molar-refractivity contribution is 5.95. The van der Waals surface area contributed by atoms with Gasteiger partial charge in [-0.15, -0.1) is 0 Å². The van der Waals surface area contributed by atoms with Crippen molar-refractivity contribution >= 4 is 12.0 Å². The molecule has 1 fully saturated rings. The summed E-state index contributed by atoms with van der Waals surface area (Å²) in [6.07, 6.45) is 2.27. The van der Waals surface area contributed by atoms with Crippen LogP contribution in [0.3, 0.4) is 0 Å². The second-order valence-electron chi connectivity index (χ2n) is 8.34. The molecule has 2 amide bonds. The Balaban J connectivity index is 2.05. The van der Waals surface area contributed by atoms with Crippen LogP contribution >= 0.6 is 0 Å². The molecule has 1 saturated heterocycles. The lowest BCUT2D eigenvalue weighted by Gasteiger charge is -2.38. The molecule has 0 bridgehead atoms. The molecule has 1 atom stereocenters. The molecule has 0 saturated carbocycles. The highest BCUT2D eigenvalue weighted by Crippen LogP contribution is 2.33.